The highest BCUT2D eigenvalue weighted by molar-refractivity contribution is 5.74. The molecule has 7 heteroatoms. The van der Waals surface area contributed by atoms with Crippen LogP contribution in [0.5, 0.6) is 0 Å². The van der Waals surface area contributed by atoms with Crippen LogP contribution < -0.4 is 22.1 Å². The lowest BCUT2D eigenvalue weighted by molar-refractivity contribution is 0.250. The van der Waals surface area contributed by atoms with Crippen molar-refractivity contribution in [3.8, 4) is 0 Å². The van der Waals surface area contributed by atoms with Crippen molar-refractivity contribution in [3.63, 3.8) is 0 Å². The van der Waals surface area contributed by atoms with Gasteiger partial charge in [-0.1, -0.05) is 39.5 Å². The van der Waals surface area contributed by atoms with Crippen LogP contribution in [0.3, 0.4) is 0 Å². The predicted molar refractivity (Wildman–Crippen MR) is 91.0 cm³/mol. The third-order valence-corrected chi connectivity index (χ3v) is 3.09. The summed E-state index contributed by atoms with van der Waals surface area (Å²) in [6.45, 7) is 4.20. The van der Waals surface area contributed by atoms with Crippen LogP contribution in [0.1, 0.15) is 65.2 Å². The fourth-order valence-corrected chi connectivity index (χ4v) is 1.95. The van der Waals surface area contributed by atoms with E-state index in [1.807, 2.05) is 0 Å². The fraction of sp³-hybridized carbons (Fsp3) is 0.625. The van der Waals surface area contributed by atoms with Gasteiger partial charge in [-0.25, -0.2) is 9.59 Å². The number of rotatable bonds is 12. The topological polar surface area (TPSA) is 119 Å². The molecule has 6 N–H and O–H groups in total. The van der Waals surface area contributed by atoms with Crippen molar-refractivity contribution in [2.45, 2.75) is 65.2 Å². The third kappa shape index (κ3) is 13.2. The molecule has 0 bridgehead atoms. The number of ether oxygens (including phenoxy) is 1. The lowest BCUT2D eigenvalue weighted by Crippen LogP contribution is -2.29. The number of unbranched alkanes of at least 4 members (excludes halogenated alkanes) is 4. The summed E-state index contributed by atoms with van der Waals surface area (Å²) in [6, 6.07) is -1.25. The van der Waals surface area contributed by atoms with E-state index in [1.165, 1.54) is 12.5 Å². The van der Waals surface area contributed by atoms with Gasteiger partial charge in [0, 0.05) is 0 Å². The zero-order valence-corrected chi connectivity index (χ0v) is 14.2. The Morgan fingerprint density at radius 2 is 1.22 bits per heavy atom. The van der Waals surface area contributed by atoms with Gasteiger partial charge in [0.25, 0.3) is 0 Å². The largest absolute Gasteiger partial charge is 0.469 e. The summed E-state index contributed by atoms with van der Waals surface area (Å²) >= 11 is 0. The van der Waals surface area contributed by atoms with Crippen LogP contribution in [0.4, 0.5) is 9.59 Å². The first-order chi connectivity index (χ1) is 11.0. The van der Waals surface area contributed by atoms with E-state index in [0.717, 1.165) is 38.5 Å². The number of carbonyl (C=O) groups excluding carboxylic acids is 2. The summed E-state index contributed by atoms with van der Waals surface area (Å²) in [5.74, 6) is 0. The number of hydrogen-bond donors (Lipinski definition) is 4. The number of hydrogen-bond acceptors (Lipinski definition) is 3. The number of allylic oxidation sites excluding steroid dienone is 2. The predicted octanol–water partition coefficient (Wildman–Crippen LogP) is 3.18. The molecule has 0 saturated heterocycles. The minimum Gasteiger partial charge on any atom is -0.469 e. The van der Waals surface area contributed by atoms with Gasteiger partial charge >= 0.3 is 12.1 Å². The molecule has 0 fully saturated rings. The molecule has 0 aliphatic carbocycles. The number of nitrogens with two attached hydrogens (primary N) is 2. The zero-order valence-electron chi connectivity index (χ0n) is 14.2. The molecule has 0 radical (unpaired) electrons. The van der Waals surface area contributed by atoms with Crippen LogP contribution in [0.2, 0.25) is 0 Å². The second-order valence-electron chi connectivity index (χ2n) is 5.31. The van der Waals surface area contributed by atoms with Crippen molar-refractivity contribution in [3.05, 3.63) is 23.9 Å². The van der Waals surface area contributed by atoms with Gasteiger partial charge in [-0.3, -0.25) is 0 Å². The first-order valence-electron chi connectivity index (χ1n) is 8.16. The molecule has 0 aromatic heterocycles. The van der Waals surface area contributed by atoms with Crippen LogP contribution in [-0.4, -0.2) is 12.1 Å². The van der Waals surface area contributed by atoms with E-state index in [1.54, 1.807) is 0 Å². The maximum absolute atomic E-state index is 11.0. The summed E-state index contributed by atoms with van der Waals surface area (Å²) in [4.78, 5) is 22.0. The number of amides is 4. The van der Waals surface area contributed by atoms with Crippen LogP contribution in [0.25, 0.3) is 0 Å². The molecule has 0 rings (SSSR count). The molecule has 0 spiro atoms. The standard InChI is InChI=1S/C16H30N4O3/c1-3-5-7-9-13(19-15(17)21)11-23-12-14(20-16(18)22)10-8-6-4-2/h11-12H,3-10H2,1-2H3,(H3,17,19,21)(H3,18,20,22). The van der Waals surface area contributed by atoms with Gasteiger partial charge in [0.1, 0.15) is 12.5 Å². The van der Waals surface area contributed by atoms with Crippen molar-refractivity contribution in [2.75, 3.05) is 0 Å². The van der Waals surface area contributed by atoms with Crippen molar-refractivity contribution < 1.29 is 14.3 Å². The minimum absolute atomic E-state index is 0.606. The molecule has 0 heterocycles. The van der Waals surface area contributed by atoms with E-state index in [0.29, 0.717) is 24.2 Å². The van der Waals surface area contributed by atoms with Gasteiger partial charge in [0.2, 0.25) is 0 Å². The number of urea groups is 2. The van der Waals surface area contributed by atoms with Crippen LogP contribution in [0, 0.1) is 0 Å². The molecule has 0 aromatic rings. The normalized spacial score (nSPS) is 11.9. The molecule has 0 aliphatic rings. The molecular weight excluding hydrogens is 296 g/mol. The Labute approximate surface area is 138 Å². The Hall–Kier alpha value is -2.18. The molecule has 132 valence electrons. The fourth-order valence-electron chi connectivity index (χ4n) is 1.95. The highest BCUT2D eigenvalue weighted by atomic mass is 16.5. The number of nitrogens with one attached hydrogen (secondary N) is 2. The monoisotopic (exact) mass is 326 g/mol. The molecule has 0 atom stereocenters. The van der Waals surface area contributed by atoms with Gasteiger partial charge in [0.15, 0.2) is 0 Å². The Kier molecular flexibility index (Phi) is 12.2. The summed E-state index contributed by atoms with van der Waals surface area (Å²) < 4.78 is 5.36. The summed E-state index contributed by atoms with van der Waals surface area (Å²) in [5.41, 5.74) is 11.5. The minimum atomic E-state index is -0.626. The summed E-state index contributed by atoms with van der Waals surface area (Å²) in [6.07, 6.45) is 10.3. The highest BCUT2D eigenvalue weighted by Crippen LogP contribution is 2.09. The van der Waals surface area contributed by atoms with E-state index in [9.17, 15) is 9.59 Å². The van der Waals surface area contributed by atoms with Gasteiger partial charge in [-0.05, 0) is 25.7 Å². The summed E-state index contributed by atoms with van der Waals surface area (Å²) in [7, 11) is 0. The molecular formula is C16H30N4O3. The van der Waals surface area contributed by atoms with Crippen molar-refractivity contribution in [1.82, 2.24) is 10.6 Å². The lowest BCUT2D eigenvalue weighted by atomic mass is 10.1. The molecule has 0 saturated carbocycles. The SMILES string of the molecule is CCCCCC(=COC=C(CCCCC)NC(N)=O)NC(N)=O. The van der Waals surface area contributed by atoms with E-state index < -0.39 is 12.1 Å². The maximum Gasteiger partial charge on any atom is 0.316 e. The smallest absolute Gasteiger partial charge is 0.316 e. The van der Waals surface area contributed by atoms with Gasteiger partial charge in [-0.2, -0.15) is 0 Å². The molecule has 7 nitrogen and oxygen atoms in total. The van der Waals surface area contributed by atoms with Gasteiger partial charge in [0.05, 0.1) is 11.4 Å². The Bertz CT molecular complexity index is 382. The van der Waals surface area contributed by atoms with E-state index in [-0.39, 0.29) is 0 Å². The maximum atomic E-state index is 11.0. The van der Waals surface area contributed by atoms with Crippen molar-refractivity contribution >= 4 is 12.1 Å². The first-order valence-corrected chi connectivity index (χ1v) is 8.16. The zero-order chi connectivity index (χ0) is 17.5. The molecule has 0 aliphatic heterocycles. The average molecular weight is 326 g/mol. The van der Waals surface area contributed by atoms with E-state index in [2.05, 4.69) is 24.5 Å². The summed E-state index contributed by atoms with van der Waals surface area (Å²) in [5, 5.41) is 5.08. The molecule has 0 unspecified atom stereocenters. The van der Waals surface area contributed by atoms with Crippen LogP contribution in [0.15, 0.2) is 23.9 Å². The molecule has 0 aromatic carbocycles. The average Bonchev–Trinajstić information content (AvgIpc) is 2.46. The second kappa shape index (κ2) is 13.5. The number of primary amides is 2. The molecule has 23 heavy (non-hydrogen) atoms. The first kappa shape index (κ1) is 20.8. The lowest BCUT2D eigenvalue weighted by Gasteiger charge is -2.09. The van der Waals surface area contributed by atoms with Gasteiger partial charge in [-0.15, -0.1) is 0 Å². The van der Waals surface area contributed by atoms with Crippen LogP contribution in [-0.2, 0) is 4.74 Å². The third-order valence-electron chi connectivity index (χ3n) is 3.09. The Balaban J connectivity index is 4.66. The number of carbonyl (C=O) groups is 2. The van der Waals surface area contributed by atoms with Gasteiger partial charge < -0.3 is 26.8 Å². The van der Waals surface area contributed by atoms with E-state index in [4.69, 9.17) is 16.2 Å². The second-order valence-corrected chi connectivity index (χ2v) is 5.31. The Morgan fingerprint density at radius 3 is 1.52 bits per heavy atom. The van der Waals surface area contributed by atoms with Crippen molar-refractivity contribution in [2.24, 2.45) is 11.5 Å². The van der Waals surface area contributed by atoms with E-state index >= 15 is 0 Å². The highest BCUT2D eigenvalue weighted by Gasteiger charge is 2.03. The van der Waals surface area contributed by atoms with Crippen molar-refractivity contribution in [1.29, 1.82) is 0 Å². The Morgan fingerprint density at radius 1 is 0.826 bits per heavy atom. The van der Waals surface area contributed by atoms with Crippen LogP contribution >= 0.6 is 0 Å². The molecule has 4 amide bonds. The quantitative estimate of drug-likeness (QED) is 0.325.